The molecular formula is C32H38ClF2N7O3. The number of pyridine rings is 1. The largest absolute Gasteiger partial charge is 0.489 e. The molecule has 6 rings (SSSR count). The summed E-state index contributed by atoms with van der Waals surface area (Å²) in [5.41, 5.74) is 3.72. The number of ether oxygens (including phenoxy) is 2. The molecule has 45 heavy (non-hydrogen) atoms. The molecule has 0 unspecified atom stereocenters. The minimum Gasteiger partial charge on any atom is -0.489 e. The number of carbonyl (C=O) groups is 1. The molecule has 1 aromatic heterocycles. The summed E-state index contributed by atoms with van der Waals surface area (Å²) in [6.07, 6.45) is 2.79. The number of benzene rings is 1. The average Bonchev–Trinajstić information content (AvgIpc) is 3.44. The van der Waals surface area contributed by atoms with Crippen molar-refractivity contribution in [2.75, 3.05) is 81.3 Å². The standard InChI is InChI=1S/C32H38ClF2N7O3/c1-20(34)32(43)42-12-11-40(17-21(42)6-8-36)26-16-28(45-19-22-5-4-9-38(22)2)37-25-18-41(10-7-23(25)26)31-29(35)24(33)15-27-30(31)39(3)13-14-44-27/h15-16,21-22H,1,4-7,9-14,17-19H2,2-3H3/t21-,22-/m0/s1. The van der Waals surface area contributed by atoms with E-state index in [2.05, 4.69) is 29.5 Å². The number of nitriles is 1. The van der Waals surface area contributed by atoms with Crippen molar-refractivity contribution < 1.29 is 23.0 Å². The van der Waals surface area contributed by atoms with Crippen molar-refractivity contribution in [1.82, 2.24) is 14.8 Å². The number of likely N-dealkylation sites (N-methyl/N-ethyl adjacent to an activating group) is 2. The Morgan fingerprint density at radius 2 is 2.00 bits per heavy atom. The van der Waals surface area contributed by atoms with Crippen LogP contribution >= 0.6 is 11.6 Å². The summed E-state index contributed by atoms with van der Waals surface area (Å²) >= 11 is 6.35. The van der Waals surface area contributed by atoms with Crippen LogP contribution in [-0.2, 0) is 17.8 Å². The topological polar surface area (TPSA) is 88.4 Å². The van der Waals surface area contributed by atoms with Crippen LogP contribution in [0.1, 0.15) is 30.5 Å². The summed E-state index contributed by atoms with van der Waals surface area (Å²) in [4.78, 5) is 27.2. The Bertz CT molecular complexity index is 1540. The van der Waals surface area contributed by atoms with Crippen molar-refractivity contribution in [1.29, 1.82) is 5.26 Å². The molecule has 0 N–H and O–H groups in total. The molecule has 0 aliphatic carbocycles. The summed E-state index contributed by atoms with van der Waals surface area (Å²) in [6.45, 7) is 7.64. The normalized spacial score (nSPS) is 21.6. The van der Waals surface area contributed by atoms with Crippen LogP contribution in [0.4, 0.5) is 25.8 Å². The zero-order valence-corrected chi connectivity index (χ0v) is 26.5. The Morgan fingerprint density at radius 1 is 1.18 bits per heavy atom. The first-order valence-electron chi connectivity index (χ1n) is 15.4. The number of likely N-dealkylation sites (tertiary alicyclic amines) is 1. The number of hydrogen-bond donors (Lipinski definition) is 0. The number of halogens is 3. The molecule has 240 valence electrons. The van der Waals surface area contributed by atoms with E-state index in [1.165, 1.54) is 11.0 Å². The minimum absolute atomic E-state index is 0.00294. The van der Waals surface area contributed by atoms with Gasteiger partial charge in [0, 0.05) is 62.7 Å². The highest BCUT2D eigenvalue weighted by Gasteiger charge is 2.36. The van der Waals surface area contributed by atoms with Gasteiger partial charge < -0.3 is 34.0 Å². The van der Waals surface area contributed by atoms with E-state index >= 15 is 4.39 Å². The first kappa shape index (κ1) is 31.2. The Morgan fingerprint density at radius 3 is 2.73 bits per heavy atom. The Labute approximate surface area is 267 Å². The maximum Gasteiger partial charge on any atom is 0.282 e. The SMILES string of the molecule is C=C(F)C(=O)N1CCN(c2cc(OC[C@@H]3CCCN3C)nc3c2CCN(c2c(F)c(Cl)cc4c2N(C)CCO4)C3)C[C@@H]1CC#N. The van der Waals surface area contributed by atoms with Crippen molar-refractivity contribution in [2.24, 2.45) is 0 Å². The Hall–Kier alpha value is -3.82. The number of carbonyl (C=O) groups excluding carboxylic acids is 1. The lowest BCUT2D eigenvalue weighted by Crippen LogP contribution is -2.55. The molecule has 13 heteroatoms. The van der Waals surface area contributed by atoms with Crippen LogP contribution in [0.3, 0.4) is 0 Å². The second kappa shape index (κ2) is 12.9. The fraction of sp³-hybridized carbons (Fsp3) is 0.531. The van der Waals surface area contributed by atoms with Crippen LogP contribution in [0, 0.1) is 17.1 Å². The average molecular weight is 642 g/mol. The number of fused-ring (bicyclic) bond motifs is 2. The van der Waals surface area contributed by atoms with Gasteiger partial charge in [-0.2, -0.15) is 5.26 Å². The molecule has 0 spiro atoms. The highest BCUT2D eigenvalue weighted by atomic mass is 35.5. The predicted octanol–water partition coefficient (Wildman–Crippen LogP) is 4.15. The van der Waals surface area contributed by atoms with Gasteiger partial charge in [-0.1, -0.05) is 18.2 Å². The monoisotopic (exact) mass is 641 g/mol. The minimum atomic E-state index is -1.04. The molecule has 2 saturated heterocycles. The van der Waals surface area contributed by atoms with Gasteiger partial charge in [0.05, 0.1) is 42.3 Å². The molecule has 0 saturated carbocycles. The molecule has 2 fully saturated rings. The molecule has 0 radical (unpaired) electrons. The third kappa shape index (κ3) is 6.08. The van der Waals surface area contributed by atoms with Gasteiger partial charge in [0.1, 0.15) is 30.3 Å². The lowest BCUT2D eigenvalue weighted by Gasteiger charge is -2.43. The molecule has 2 aromatic rings. The van der Waals surface area contributed by atoms with Gasteiger partial charge in [0.15, 0.2) is 11.6 Å². The molecule has 2 atom stereocenters. The van der Waals surface area contributed by atoms with Crippen LogP contribution in [0.15, 0.2) is 24.5 Å². The van der Waals surface area contributed by atoms with E-state index < -0.39 is 23.6 Å². The van der Waals surface area contributed by atoms with E-state index in [1.54, 1.807) is 0 Å². The molecule has 10 nitrogen and oxygen atoms in total. The van der Waals surface area contributed by atoms with Crippen LogP contribution in [0.2, 0.25) is 5.02 Å². The summed E-state index contributed by atoms with van der Waals surface area (Å²) in [6, 6.07) is 5.39. The fourth-order valence-corrected chi connectivity index (χ4v) is 7.13. The number of hydrogen-bond acceptors (Lipinski definition) is 9. The Balaban J connectivity index is 1.35. The second-order valence-electron chi connectivity index (χ2n) is 12.2. The number of aromatic nitrogens is 1. The predicted molar refractivity (Wildman–Crippen MR) is 169 cm³/mol. The number of amides is 1. The number of piperazine rings is 1. The summed E-state index contributed by atoms with van der Waals surface area (Å²) < 4.78 is 41.8. The zero-order chi connectivity index (χ0) is 31.8. The smallest absolute Gasteiger partial charge is 0.282 e. The van der Waals surface area contributed by atoms with Crippen molar-refractivity contribution in [3.63, 3.8) is 0 Å². The van der Waals surface area contributed by atoms with Crippen LogP contribution in [0.25, 0.3) is 0 Å². The molecule has 0 bridgehead atoms. The molecule has 5 heterocycles. The van der Waals surface area contributed by atoms with Crippen molar-refractivity contribution in [3.05, 3.63) is 46.6 Å². The van der Waals surface area contributed by atoms with Crippen molar-refractivity contribution in [3.8, 4) is 17.7 Å². The molecule has 4 aliphatic rings. The van der Waals surface area contributed by atoms with Gasteiger partial charge in [0.25, 0.3) is 5.91 Å². The van der Waals surface area contributed by atoms with Gasteiger partial charge in [0.2, 0.25) is 5.88 Å². The number of nitrogens with zero attached hydrogens (tertiary/aromatic N) is 7. The molecule has 1 amide bonds. The van der Waals surface area contributed by atoms with E-state index in [-0.39, 0.29) is 24.0 Å². The fourth-order valence-electron chi connectivity index (χ4n) is 6.94. The summed E-state index contributed by atoms with van der Waals surface area (Å²) in [7, 11) is 4.01. The third-order valence-corrected chi connectivity index (χ3v) is 9.66. The molecular weight excluding hydrogens is 604 g/mol. The van der Waals surface area contributed by atoms with Gasteiger partial charge in [-0.05, 0) is 32.9 Å². The van der Waals surface area contributed by atoms with Crippen molar-refractivity contribution in [2.45, 2.75) is 44.3 Å². The Kier molecular flexibility index (Phi) is 8.93. The number of anilines is 3. The maximum absolute atomic E-state index is 15.8. The maximum atomic E-state index is 15.8. The zero-order valence-electron chi connectivity index (χ0n) is 25.7. The van der Waals surface area contributed by atoms with Crippen LogP contribution in [0.5, 0.6) is 11.6 Å². The van der Waals surface area contributed by atoms with Gasteiger partial charge >= 0.3 is 0 Å². The lowest BCUT2D eigenvalue weighted by atomic mass is 9.99. The third-order valence-electron chi connectivity index (χ3n) is 9.39. The van der Waals surface area contributed by atoms with Gasteiger partial charge in [-0.15, -0.1) is 0 Å². The highest BCUT2D eigenvalue weighted by Crippen LogP contribution is 2.46. The lowest BCUT2D eigenvalue weighted by molar-refractivity contribution is -0.131. The van der Waals surface area contributed by atoms with E-state index in [4.69, 9.17) is 26.1 Å². The second-order valence-corrected chi connectivity index (χ2v) is 12.6. The van der Waals surface area contributed by atoms with E-state index in [0.717, 1.165) is 36.3 Å². The molecule has 1 aromatic carbocycles. The summed E-state index contributed by atoms with van der Waals surface area (Å²) in [5.74, 6) is -1.30. The van der Waals surface area contributed by atoms with E-state index in [1.807, 2.05) is 22.9 Å². The van der Waals surface area contributed by atoms with E-state index in [0.29, 0.717) is 75.4 Å². The van der Waals surface area contributed by atoms with Crippen molar-refractivity contribution >= 4 is 34.6 Å². The van der Waals surface area contributed by atoms with Crippen LogP contribution in [-0.4, -0.2) is 99.4 Å². The summed E-state index contributed by atoms with van der Waals surface area (Å²) in [5, 5.41) is 9.52. The number of rotatable bonds is 7. The van der Waals surface area contributed by atoms with E-state index in [9.17, 15) is 14.4 Å². The first-order valence-corrected chi connectivity index (χ1v) is 15.8. The van der Waals surface area contributed by atoms with Crippen LogP contribution < -0.4 is 24.2 Å². The quantitative estimate of drug-likeness (QED) is 0.414. The highest BCUT2D eigenvalue weighted by molar-refractivity contribution is 6.31. The van der Waals surface area contributed by atoms with Gasteiger partial charge in [-0.25, -0.2) is 13.8 Å². The molecule has 4 aliphatic heterocycles. The first-order chi connectivity index (χ1) is 21.7. The van der Waals surface area contributed by atoms with Gasteiger partial charge in [-0.3, -0.25) is 4.79 Å².